The number of pyridine rings is 1. The van der Waals surface area contributed by atoms with Crippen molar-refractivity contribution in [1.29, 1.82) is 0 Å². The van der Waals surface area contributed by atoms with Crippen LogP contribution in [0.4, 0.5) is 0 Å². The Morgan fingerprint density at radius 3 is 2.86 bits per heavy atom. The lowest BCUT2D eigenvalue weighted by Crippen LogP contribution is -2.28. The quantitative estimate of drug-likeness (QED) is 0.399. The molecule has 0 saturated carbocycles. The molecule has 1 aliphatic heterocycles. The summed E-state index contributed by atoms with van der Waals surface area (Å²) in [5.74, 6) is -0.519. The third-order valence-corrected chi connectivity index (χ3v) is 5.68. The normalized spacial score (nSPS) is 14.8. The molecule has 3 heterocycles. The summed E-state index contributed by atoms with van der Waals surface area (Å²) in [6.45, 7) is 5.18. The number of hydrogen-bond acceptors (Lipinski definition) is 4. The van der Waals surface area contributed by atoms with E-state index in [0.29, 0.717) is 0 Å². The molecular formula is C23H26N4O2. The first-order chi connectivity index (χ1) is 14.1. The van der Waals surface area contributed by atoms with Gasteiger partial charge in [0.1, 0.15) is 0 Å². The molecule has 0 fully saturated rings. The second-order valence-electron chi connectivity index (χ2n) is 7.52. The van der Waals surface area contributed by atoms with E-state index in [-0.39, 0.29) is 0 Å². The lowest BCUT2D eigenvalue weighted by atomic mass is 10.00. The van der Waals surface area contributed by atoms with Crippen LogP contribution in [-0.4, -0.2) is 45.3 Å². The molecular weight excluding hydrogens is 364 g/mol. The van der Waals surface area contributed by atoms with Crippen LogP contribution in [-0.2, 0) is 24.1 Å². The van der Waals surface area contributed by atoms with Gasteiger partial charge in [-0.2, -0.15) is 5.10 Å². The lowest BCUT2D eigenvalue weighted by Gasteiger charge is -2.19. The van der Waals surface area contributed by atoms with Crippen LogP contribution >= 0.6 is 0 Å². The number of aryl methyl sites for hydroxylation is 1. The van der Waals surface area contributed by atoms with Crippen molar-refractivity contribution in [2.45, 2.75) is 26.2 Å². The first-order valence-electron chi connectivity index (χ1n) is 10.0. The van der Waals surface area contributed by atoms with Crippen molar-refractivity contribution >= 4 is 17.5 Å². The fourth-order valence-corrected chi connectivity index (χ4v) is 4.07. The molecule has 4 rings (SSSR count). The van der Waals surface area contributed by atoms with Crippen molar-refractivity contribution < 1.29 is 10.0 Å². The summed E-state index contributed by atoms with van der Waals surface area (Å²) >= 11 is 0. The number of carbonyl (C=O) groups excluding carboxylic acids is 1. The number of fused-ring (bicyclic) bond motifs is 2. The summed E-state index contributed by atoms with van der Waals surface area (Å²) in [6, 6.07) is 12.5. The molecule has 0 atom stereocenters. The maximum atomic E-state index is 11.2. The molecule has 6 nitrogen and oxygen atoms in total. The maximum absolute atomic E-state index is 11.2. The highest BCUT2D eigenvalue weighted by Gasteiger charge is 2.16. The van der Waals surface area contributed by atoms with Gasteiger partial charge in [0.2, 0.25) is 0 Å². The van der Waals surface area contributed by atoms with Crippen molar-refractivity contribution in [1.82, 2.24) is 20.0 Å². The lowest BCUT2D eigenvalue weighted by molar-refractivity contribution is -0.124. The van der Waals surface area contributed by atoms with Crippen molar-refractivity contribution in [3.8, 4) is 0 Å². The molecule has 0 aliphatic carbocycles. The van der Waals surface area contributed by atoms with Crippen molar-refractivity contribution in [2.24, 2.45) is 0 Å². The van der Waals surface area contributed by atoms with Gasteiger partial charge in [-0.15, -0.1) is 0 Å². The van der Waals surface area contributed by atoms with E-state index in [2.05, 4.69) is 41.2 Å². The number of hydroxylamine groups is 1. The molecule has 2 N–H and O–H groups in total. The maximum Gasteiger partial charge on any atom is 0.267 e. The van der Waals surface area contributed by atoms with Gasteiger partial charge in [-0.25, -0.2) is 10.00 Å². The highest BCUT2D eigenvalue weighted by molar-refractivity contribution is 5.90. The summed E-state index contributed by atoms with van der Waals surface area (Å²) in [7, 11) is 0. The predicted molar refractivity (Wildman–Crippen MR) is 113 cm³/mol. The molecule has 0 unspecified atom stereocenters. The minimum absolute atomic E-state index is 0.519. The Hall–Kier alpha value is -2.96. The Balaban J connectivity index is 1.41. The minimum atomic E-state index is -0.519. The molecule has 0 saturated heterocycles. The van der Waals surface area contributed by atoms with E-state index >= 15 is 0 Å². The number of amides is 1. The van der Waals surface area contributed by atoms with Crippen LogP contribution < -0.4 is 5.48 Å². The largest absolute Gasteiger partial charge is 0.302 e. The average Bonchev–Trinajstić information content (AvgIpc) is 2.92. The van der Waals surface area contributed by atoms with Crippen molar-refractivity contribution in [3.63, 3.8) is 0 Å². The summed E-state index contributed by atoms with van der Waals surface area (Å²) in [6.07, 6.45) is 8.09. The first-order valence-corrected chi connectivity index (χ1v) is 10.0. The minimum Gasteiger partial charge on any atom is -0.302 e. The molecule has 0 radical (unpaired) electrons. The number of rotatable bonds is 5. The van der Waals surface area contributed by atoms with E-state index in [1.165, 1.54) is 28.3 Å². The monoisotopic (exact) mass is 390 g/mol. The van der Waals surface area contributed by atoms with Gasteiger partial charge >= 0.3 is 0 Å². The van der Waals surface area contributed by atoms with Crippen LogP contribution in [0.3, 0.4) is 0 Å². The van der Waals surface area contributed by atoms with E-state index in [9.17, 15) is 4.79 Å². The molecule has 1 amide bonds. The molecule has 2 aromatic heterocycles. The van der Waals surface area contributed by atoms with Gasteiger partial charge in [-0.3, -0.25) is 10.0 Å². The standard InChI is InChI=1S/C23H26N4O2/c1-17-21(22-4-2-3-12-27(22)24-17)11-15-26-13-9-19-7-5-18(6-8-23(28)25-29)16-20(19)10-14-26/h2-8,12,16,29H,9-11,13-15H2,1H3,(H,25,28)/b8-6+. The number of nitrogens with zero attached hydrogens (tertiary/aromatic N) is 3. The molecule has 0 bridgehead atoms. The summed E-state index contributed by atoms with van der Waals surface area (Å²) in [5.41, 5.74) is 8.95. The van der Waals surface area contributed by atoms with E-state index < -0.39 is 5.91 Å². The van der Waals surface area contributed by atoms with Crippen molar-refractivity contribution in [3.05, 3.63) is 76.6 Å². The zero-order valence-electron chi connectivity index (χ0n) is 16.6. The van der Waals surface area contributed by atoms with Crippen LogP contribution in [0.15, 0.2) is 48.7 Å². The van der Waals surface area contributed by atoms with E-state index in [0.717, 1.165) is 50.2 Å². The fraction of sp³-hybridized carbons (Fsp3) is 0.304. The summed E-state index contributed by atoms with van der Waals surface area (Å²) in [5, 5.41) is 13.2. The second kappa shape index (κ2) is 8.59. The number of nitrogens with one attached hydrogen (secondary N) is 1. The second-order valence-corrected chi connectivity index (χ2v) is 7.52. The molecule has 3 aromatic rings. The first kappa shape index (κ1) is 19.4. The van der Waals surface area contributed by atoms with Gasteiger partial charge in [0, 0.05) is 37.5 Å². The number of aromatic nitrogens is 2. The zero-order valence-corrected chi connectivity index (χ0v) is 16.6. The zero-order chi connectivity index (χ0) is 20.2. The molecule has 1 aliphatic rings. The smallest absolute Gasteiger partial charge is 0.267 e. The molecule has 0 spiro atoms. The van der Waals surface area contributed by atoms with E-state index in [1.807, 2.05) is 22.8 Å². The molecule has 29 heavy (non-hydrogen) atoms. The fourth-order valence-electron chi connectivity index (χ4n) is 4.07. The third-order valence-electron chi connectivity index (χ3n) is 5.68. The van der Waals surface area contributed by atoms with E-state index in [1.54, 1.807) is 11.6 Å². The summed E-state index contributed by atoms with van der Waals surface area (Å²) < 4.78 is 1.97. The average molecular weight is 390 g/mol. The van der Waals surface area contributed by atoms with Gasteiger partial charge < -0.3 is 4.90 Å². The Bertz CT molecular complexity index is 1050. The Kier molecular flexibility index (Phi) is 5.74. The van der Waals surface area contributed by atoms with Crippen LogP contribution in [0, 0.1) is 6.92 Å². The number of hydrogen-bond donors (Lipinski definition) is 2. The number of carbonyl (C=O) groups is 1. The van der Waals surface area contributed by atoms with Gasteiger partial charge in [0.15, 0.2) is 0 Å². The summed E-state index contributed by atoms with van der Waals surface area (Å²) in [4.78, 5) is 13.7. The van der Waals surface area contributed by atoms with E-state index in [4.69, 9.17) is 5.21 Å². The van der Waals surface area contributed by atoms with Crippen LogP contribution in [0.5, 0.6) is 0 Å². The Morgan fingerprint density at radius 2 is 2.03 bits per heavy atom. The Labute approximate surface area is 170 Å². The van der Waals surface area contributed by atoms with Gasteiger partial charge in [0.05, 0.1) is 11.2 Å². The van der Waals surface area contributed by atoms with Crippen LogP contribution in [0.1, 0.15) is 27.9 Å². The van der Waals surface area contributed by atoms with Gasteiger partial charge in [-0.1, -0.05) is 24.3 Å². The van der Waals surface area contributed by atoms with Crippen molar-refractivity contribution in [2.75, 3.05) is 19.6 Å². The van der Waals surface area contributed by atoms with Gasteiger partial charge in [0.25, 0.3) is 5.91 Å². The predicted octanol–water partition coefficient (Wildman–Crippen LogP) is 2.80. The molecule has 150 valence electrons. The van der Waals surface area contributed by atoms with Gasteiger partial charge in [-0.05, 0) is 61.1 Å². The SMILES string of the molecule is Cc1nn2ccccc2c1CCN1CCc2ccc(/C=C/C(=O)NO)cc2CC1. The van der Waals surface area contributed by atoms with Crippen LogP contribution in [0.25, 0.3) is 11.6 Å². The molecule has 6 heteroatoms. The highest BCUT2D eigenvalue weighted by Crippen LogP contribution is 2.20. The Morgan fingerprint density at radius 1 is 1.21 bits per heavy atom. The third kappa shape index (κ3) is 4.39. The molecule has 1 aromatic carbocycles. The topological polar surface area (TPSA) is 69.9 Å². The highest BCUT2D eigenvalue weighted by atomic mass is 16.5. The van der Waals surface area contributed by atoms with Crippen LogP contribution in [0.2, 0.25) is 0 Å². The number of benzene rings is 1.